The summed E-state index contributed by atoms with van der Waals surface area (Å²) < 4.78 is 46.2. The van der Waals surface area contributed by atoms with Gasteiger partial charge in [-0.05, 0) is 43.8 Å². The Morgan fingerprint density at radius 1 is 1.10 bits per heavy atom. The summed E-state index contributed by atoms with van der Waals surface area (Å²) in [7, 11) is 1.98. The Hall–Kier alpha value is -2.80. The van der Waals surface area contributed by atoms with Crippen LogP contribution in [0.3, 0.4) is 0 Å². The lowest BCUT2D eigenvalue weighted by molar-refractivity contribution is -0.137. The van der Waals surface area contributed by atoms with Crippen molar-refractivity contribution in [3.63, 3.8) is 0 Å². The summed E-state index contributed by atoms with van der Waals surface area (Å²) in [5, 5.41) is 6.92. The van der Waals surface area contributed by atoms with Gasteiger partial charge in [-0.15, -0.1) is 0 Å². The lowest BCUT2D eigenvalue weighted by atomic mass is 10.0. The van der Waals surface area contributed by atoms with Crippen molar-refractivity contribution in [3.05, 3.63) is 71.4 Å². The second-order valence-corrected chi connectivity index (χ2v) is 7.34. The van der Waals surface area contributed by atoms with Crippen LogP contribution in [-0.2, 0) is 19.1 Å². The molecule has 0 saturated carbocycles. The number of H-pyrrole nitrogens is 1. The van der Waals surface area contributed by atoms with Crippen molar-refractivity contribution in [2.24, 2.45) is 0 Å². The van der Waals surface area contributed by atoms with Crippen molar-refractivity contribution < 1.29 is 17.9 Å². The molecular weight excluding hydrogens is 391 g/mol. The third-order valence-electron chi connectivity index (χ3n) is 4.79. The van der Waals surface area contributed by atoms with Gasteiger partial charge in [0, 0.05) is 24.1 Å². The van der Waals surface area contributed by atoms with Crippen LogP contribution in [0.25, 0.3) is 11.3 Å². The number of aromatic nitrogens is 2. The second kappa shape index (κ2) is 9.80. The minimum atomic E-state index is -4.47. The summed E-state index contributed by atoms with van der Waals surface area (Å²) in [5.74, 6) is 0.193. The van der Waals surface area contributed by atoms with Crippen molar-refractivity contribution in [1.29, 1.82) is 0 Å². The molecule has 30 heavy (non-hydrogen) atoms. The lowest BCUT2D eigenvalue weighted by Gasteiger charge is -2.16. The van der Waals surface area contributed by atoms with E-state index in [2.05, 4.69) is 22.0 Å². The number of nitrogens with one attached hydrogen (secondary N) is 1. The molecule has 4 nitrogen and oxygen atoms in total. The number of rotatable bonds is 9. The molecule has 3 aromatic rings. The Balaban J connectivity index is 1.84. The number of halogens is 3. The maximum absolute atomic E-state index is 13.5. The Kier molecular flexibility index (Phi) is 7.15. The molecule has 0 fully saturated rings. The zero-order valence-corrected chi connectivity index (χ0v) is 17.2. The molecule has 0 aliphatic rings. The van der Waals surface area contributed by atoms with Gasteiger partial charge >= 0.3 is 6.18 Å². The average molecular weight is 417 g/mol. The van der Waals surface area contributed by atoms with Gasteiger partial charge in [0.15, 0.2) is 0 Å². The van der Waals surface area contributed by atoms with Gasteiger partial charge < -0.3 is 9.64 Å². The predicted molar refractivity (Wildman–Crippen MR) is 111 cm³/mol. The van der Waals surface area contributed by atoms with Crippen LogP contribution in [0.4, 0.5) is 13.2 Å². The van der Waals surface area contributed by atoms with E-state index in [1.807, 2.05) is 37.4 Å². The molecule has 160 valence electrons. The zero-order chi connectivity index (χ0) is 21.6. The van der Waals surface area contributed by atoms with E-state index in [4.69, 9.17) is 4.74 Å². The normalized spacial score (nSPS) is 11.8. The van der Waals surface area contributed by atoms with Gasteiger partial charge in [-0.3, -0.25) is 5.10 Å². The van der Waals surface area contributed by atoms with Gasteiger partial charge in [-0.2, -0.15) is 18.3 Å². The summed E-state index contributed by atoms with van der Waals surface area (Å²) in [5.41, 5.74) is 2.17. The van der Waals surface area contributed by atoms with Crippen LogP contribution >= 0.6 is 0 Å². The van der Waals surface area contributed by atoms with Gasteiger partial charge in [0.1, 0.15) is 5.75 Å². The van der Waals surface area contributed by atoms with Crippen LogP contribution in [0.5, 0.6) is 5.75 Å². The number of benzene rings is 2. The highest BCUT2D eigenvalue weighted by Crippen LogP contribution is 2.36. The van der Waals surface area contributed by atoms with E-state index >= 15 is 0 Å². The van der Waals surface area contributed by atoms with E-state index in [-0.39, 0.29) is 5.75 Å². The van der Waals surface area contributed by atoms with Crippen LogP contribution in [-0.4, -0.2) is 35.3 Å². The fraction of sp³-hybridized carbons (Fsp3) is 0.348. The summed E-state index contributed by atoms with van der Waals surface area (Å²) >= 11 is 0. The number of alkyl halides is 3. The Morgan fingerprint density at radius 2 is 1.87 bits per heavy atom. The largest absolute Gasteiger partial charge is 0.493 e. The quantitative estimate of drug-likeness (QED) is 0.496. The van der Waals surface area contributed by atoms with Gasteiger partial charge in [-0.25, -0.2) is 0 Å². The number of nitrogens with zero attached hydrogens (tertiary/aromatic N) is 2. The monoisotopic (exact) mass is 417 g/mol. The molecule has 3 rings (SSSR count). The molecule has 2 aromatic carbocycles. The number of hydrogen-bond acceptors (Lipinski definition) is 3. The molecule has 1 N–H and O–H groups in total. The Morgan fingerprint density at radius 3 is 2.57 bits per heavy atom. The van der Waals surface area contributed by atoms with Gasteiger partial charge in [0.25, 0.3) is 0 Å². The highest BCUT2D eigenvalue weighted by atomic mass is 19.4. The first-order valence-electron chi connectivity index (χ1n) is 9.97. The standard InChI is InChI=1S/C23H26F3N3O/c1-3-10-29(2)16-19-15-27-28-22(19)18-12-20(23(24,25)26)14-21(13-18)30-11-9-17-7-5-4-6-8-17/h4-8,12-15H,3,9-11,16H2,1-2H3,(H,27,28). The maximum Gasteiger partial charge on any atom is 0.416 e. The Bertz CT molecular complexity index is 938. The highest BCUT2D eigenvalue weighted by Gasteiger charge is 2.32. The highest BCUT2D eigenvalue weighted by molar-refractivity contribution is 5.66. The van der Waals surface area contributed by atoms with Crippen LogP contribution in [0, 0.1) is 0 Å². The van der Waals surface area contributed by atoms with E-state index in [1.165, 1.54) is 0 Å². The summed E-state index contributed by atoms with van der Waals surface area (Å²) in [6, 6.07) is 13.5. The molecule has 7 heteroatoms. The third-order valence-corrected chi connectivity index (χ3v) is 4.79. The first-order chi connectivity index (χ1) is 14.4. The number of aromatic amines is 1. The van der Waals surface area contributed by atoms with Crippen molar-refractivity contribution in [1.82, 2.24) is 15.1 Å². The van der Waals surface area contributed by atoms with Crippen molar-refractivity contribution in [3.8, 4) is 17.0 Å². The molecule has 0 spiro atoms. The van der Waals surface area contributed by atoms with E-state index < -0.39 is 11.7 Å². The molecule has 0 bridgehead atoms. The first kappa shape index (κ1) is 21.9. The minimum absolute atomic E-state index is 0.193. The van der Waals surface area contributed by atoms with Crippen LogP contribution < -0.4 is 4.74 Å². The molecule has 0 atom stereocenters. The second-order valence-electron chi connectivity index (χ2n) is 7.34. The van der Waals surface area contributed by atoms with Crippen molar-refractivity contribution in [2.75, 3.05) is 20.2 Å². The molecule has 0 aliphatic heterocycles. The molecule has 0 radical (unpaired) electrons. The van der Waals surface area contributed by atoms with E-state index in [0.29, 0.717) is 30.8 Å². The predicted octanol–water partition coefficient (Wildman–Crippen LogP) is 5.56. The van der Waals surface area contributed by atoms with E-state index in [0.717, 1.165) is 36.2 Å². The van der Waals surface area contributed by atoms with Crippen LogP contribution in [0.2, 0.25) is 0 Å². The van der Waals surface area contributed by atoms with Gasteiger partial charge in [0.05, 0.1) is 24.1 Å². The summed E-state index contributed by atoms with van der Waals surface area (Å²) in [6.07, 6.45) is -1.19. The van der Waals surface area contributed by atoms with Crippen molar-refractivity contribution in [2.45, 2.75) is 32.5 Å². The summed E-state index contributed by atoms with van der Waals surface area (Å²) in [6.45, 7) is 3.86. The minimum Gasteiger partial charge on any atom is -0.493 e. The van der Waals surface area contributed by atoms with Crippen LogP contribution in [0.15, 0.2) is 54.7 Å². The summed E-state index contributed by atoms with van der Waals surface area (Å²) in [4.78, 5) is 2.11. The first-order valence-corrected chi connectivity index (χ1v) is 9.97. The van der Waals surface area contributed by atoms with Crippen molar-refractivity contribution >= 4 is 0 Å². The van der Waals surface area contributed by atoms with E-state index in [1.54, 1.807) is 12.3 Å². The number of ether oxygens (including phenoxy) is 1. The molecule has 0 amide bonds. The topological polar surface area (TPSA) is 41.2 Å². The van der Waals surface area contributed by atoms with Crippen LogP contribution in [0.1, 0.15) is 30.0 Å². The lowest BCUT2D eigenvalue weighted by Crippen LogP contribution is -2.18. The molecule has 1 heterocycles. The molecular formula is C23H26F3N3O. The maximum atomic E-state index is 13.5. The van der Waals surface area contributed by atoms with Gasteiger partial charge in [0.2, 0.25) is 0 Å². The SMILES string of the molecule is CCCN(C)Cc1cn[nH]c1-c1cc(OCCc2ccccc2)cc(C(F)(F)F)c1. The fourth-order valence-electron chi connectivity index (χ4n) is 3.35. The fourth-order valence-corrected chi connectivity index (χ4v) is 3.35. The van der Waals surface area contributed by atoms with Gasteiger partial charge in [-0.1, -0.05) is 37.3 Å². The molecule has 1 aromatic heterocycles. The molecule has 0 aliphatic carbocycles. The average Bonchev–Trinajstić information content (AvgIpc) is 3.16. The molecule has 0 unspecified atom stereocenters. The zero-order valence-electron chi connectivity index (χ0n) is 17.2. The number of hydrogen-bond donors (Lipinski definition) is 1. The third kappa shape index (κ3) is 5.86. The Labute approximate surface area is 174 Å². The van der Waals surface area contributed by atoms with E-state index in [9.17, 15) is 13.2 Å². The smallest absolute Gasteiger partial charge is 0.416 e. The molecule has 0 saturated heterocycles.